The minimum atomic E-state index is -0.203. The number of hydrogen-bond donors (Lipinski definition) is 1. The van der Waals surface area contributed by atoms with E-state index >= 15 is 0 Å². The second-order valence-corrected chi connectivity index (χ2v) is 6.21. The molecular formula is C16H19N3O2. The highest BCUT2D eigenvalue weighted by atomic mass is 16.2. The van der Waals surface area contributed by atoms with Gasteiger partial charge in [-0.15, -0.1) is 0 Å². The number of nitrogen functional groups attached to an aromatic ring is 1. The Labute approximate surface area is 123 Å². The van der Waals surface area contributed by atoms with Crippen LogP contribution in [0.4, 0.5) is 5.69 Å². The summed E-state index contributed by atoms with van der Waals surface area (Å²) in [6, 6.07) is 5.48. The van der Waals surface area contributed by atoms with E-state index in [-0.39, 0.29) is 17.9 Å². The molecule has 5 heteroatoms. The van der Waals surface area contributed by atoms with Crippen molar-refractivity contribution >= 4 is 17.5 Å². The van der Waals surface area contributed by atoms with E-state index in [0.29, 0.717) is 22.9 Å². The third kappa shape index (κ3) is 1.73. The number of piperidine rings is 1. The van der Waals surface area contributed by atoms with Crippen LogP contribution in [0.1, 0.15) is 46.4 Å². The minimum absolute atomic E-state index is 0.0112. The Morgan fingerprint density at radius 1 is 1.00 bits per heavy atom. The van der Waals surface area contributed by atoms with Crippen molar-refractivity contribution in [3.05, 3.63) is 29.3 Å². The van der Waals surface area contributed by atoms with E-state index in [1.165, 1.54) is 17.7 Å². The summed E-state index contributed by atoms with van der Waals surface area (Å²) in [6.45, 7) is 2.07. The molecule has 2 atom stereocenters. The molecule has 0 aliphatic carbocycles. The standard InChI is InChI=1S/C16H19N3O2/c17-11-5-3-4-10-14(11)16(21)19(15(10)20)13-7-9-18-8-2-1-6-12(13)18/h3-5,12-13H,1-2,6-9,17H2. The van der Waals surface area contributed by atoms with Crippen molar-refractivity contribution in [3.8, 4) is 0 Å². The first kappa shape index (κ1) is 12.8. The van der Waals surface area contributed by atoms with Crippen molar-refractivity contribution in [1.82, 2.24) is 9.80 Å². The first-order valence-corrected chi connectivity index (χ1v) is 7.69. The summed E-state index contributed by atoms with van der Waals surface area (Å²) in [7, 11) is 0. The molecule has 5 nitrogen and oxygen atoms in total. The average Bonchev–Trinajstić information content (AvgIpc) is 3.00. The average molecular weight is 285 g/mol. The van der Waals surface area contributed by atoms with Crippen LogP contribution in [0.5, 0.6) is 0 Å². The maximum Gasteiger partial charge on any atom is 0.263 e. The molecule has 2 saturated heterocycles. The van der Waals surface area contributed by atoms with Gasteiger partial charge in [0.05, 0.1) is 17.2 Å². The summed E-state index contributed by atoms with van der Waals surface area (Å²) in [4.78, 5) is 29.3. The number of anilines is 1. The fraction of sp³-hybridized carbons (Fsp3) is 0.500. The Morgan fingerprint density at radius 2 is 1.86 bits per heavy atom. The number of amides is 2. The van der Waals surface area contributed by atoms with Gasteiger partial charge < -0.3 is 5.73 Å². The van der Waals surface area contributed by atoms with Crippen molar-refractivity contribution in [3.63, 3.8) is 0 Å². The molecule has 0 bridgehead atoms. The topological polar surface area (TPSA) is 66.6 Å². The summed E-state index contributed by atoms with van der Waals surface area (Å²) in [5.41, 5.74) is 7.18. The van der Waals surface area contributed by atoms with Gasteiger partial charge in [0.1, 0.15) is 0 Å². The van der Waals surface area contributed by atoms with Gasteiger partial charge in [0, 0.05) is 18.3 Å². The highest BCUT2D eigenvalue weighted by Gasteiger charge is 2.47. The number of hydrogen-bond acceptors (Lipinski definition) is 4. The van der Waals surface area contributed by atoms with E-state index in [2.05, 4.69) is 4.90 Å². The highest BCUT2D eigenvalue weighted by Crippen LogP contribution is 2.36. The number of rotatable bonds is 1. The van der Waals surface area contributed by atoms with Crippen LogP contribution in [0.3, 0.4) is 0 Å². The lowest BCUT2D eigenvalue weighted by atomic mass is 9.98. The van der Waals surface area contributed by atoms with E-state index in [9.17, 15) is 9.59 Å². The van der Waals surface area contributed by atoms with Gasteiger partial charge in [0.25, 0.3) is 11.8 Å². The fourth-order valence-corrected chi connectivity index (χ4v) is 4.15. The van der Waals surface area contributed by atoms with Gasteiger partial charge in [-0.2, -0.15) is 0 Å². The van der Waals surface area contributed by atoms with Gasteiger partial charge in [-0.25, -0.2) is 0 Å². The van der Waals surface area contributed by atoms with E-state index in [1.807, 2.05) is 0 Å². The van der Waals surface area contributed by atoms with Crippen molar-refractivity contribution in [2.75, 3.05) is 18.8 Å². The highest BCUT2D eigenvalue weighted by molar-refractivity contribution is 6.23. The molecule has 4 rings (SSSR count). The number of imide groups is 1. The summed E-state index contributed by atoms with van der Waals surface area (Å²) in [5, 5.41) is 0. The quantitative estimate of drug-likeness (QED) is 0.627. The summed E-state index contributed by atoms with van der Waals surface area (Å²) in [5.74, 6) is -0.370. The Hall–Kier alpha value is -1.88. The summed E-state index contributed by atoms with van der Waals surface area (Å²) in [6.07, 6.45) is 4.37. The summed E-state index contributed by atoms with van der Waals surface area (Å²) < 4.78 is 0. The monoisotopic (exact) mass is 285 g/mol. The fourth-order valence-electron chi connectivity index (χ4n) is 4.15. The molecule has 1 aromatic carbocycles. The zero-order valence-electron chi connectivity index (χ0n) is 11.9. The molecular weight excluding hydrogens is 266 g/mol. The Morgan fingerprint density at radius 3 is 2.67 bits per heavy atom. The van der Waals surface area contributed by atoms with Crippen molar-refractivity contribution in [2.45, 2.75) is 37.8 Å². The third-order valence-electron chi connectivity index (χ3n) is 5.13. The lowest BCUT2D eigenvalue weighted by Crippen LogP contribution is -2.49. The molecule has 110 valence electrons. The second kappa shape index (κ2) is 4.56. The summed E-state index contributed by atoms with van der Waals surface area (Å²) >= 11 is 0. The molecule has 2 N–H and O–H groups in total. The zero-order chi connectivity index (χ0) is 14.6. The van der Waals surface area contributed by atoms with Gasteiger partial charge in [-0.1, -0.05) is 12.5 Å². The van der Waals surface area contributed by atoms with Crippen molar-refractivity contribution in [1.29, 1.82) is 0 Å². The maximum atomic E-state index is 12.7. The molecule has 1 aromatic rings. The van der Waals surface area contributed by atoms with Gasteiger partial charge in [-0.05, 0) is 37.9 Å². The lowest BCUT2D eigenvalue weighted by molar-refractivity contribution is 0.0520. The molecule has 0 saturated carbocycles. The Balaban J connectivity index is 1.70. The van der Waals surface area contributed by atoms with Crippen LogP contribution in [-0.2, 0) is 0 Å². The number of carbonyl (C=O) groups is 2. The first-order chi connectivity index (χ1) is 10.2. The predicted octanol–water partition coefficient (Wildman–Crippen LogP) is 1.49. The predicted molar refractivity (Wildman–Crippen MR) is 79.0 cm³/mol. The largest absolute Gasteiger partial charge is 0.398 e. The van der Waals surface area contributed by atoms with Crippen LogP contribution >= 0.6 is 0 Å². The normalized spacial score (nSPS) is 28.9. The van der Waals surface area contributed by atoms with Crippen LogP contribution in [-0.4, -0.2) is 46.8 Å². The smallest absolute Gasteiger partial charge is 0.263 e. The van der Waals surface area contributed by atoms with Gasteiger partial charge >= 0.3 is 0 Å². The van der Waals surface area contributed by atoms with Crippen molar-refractivity contribution < 1.29 is 9.59 Å². The van der Waals surface area contributed by atoms with E-state index in [1.54, 1.807) is 18.2 Å². The van der Waals surface area contributed by atoms with Crippen LogP contribution < -0.4 is 5.73 Å². The molecule has 2 fully saturated rings. The lowest BCUT2D eigenvalue weighted by Gasteiger charge is -2.35. The number of nitrogens with two attached hydrogens (primary N) is 1. The van der Waals surface area contributed by atoms with Gasteiger partial charge in [-0.3, -0.25) is 19.4 Å². The molecule has 3 aliphatic heterocycles. The third-order valence-corrected chi connectivity index (χ3v) is 5.13. The SMILES string of the molecule is Nc1cccc2c1C(=O)N(C1CCN3CCCCC13)C2=O. The molecule has 0 radical (unpaired) electrons. The molecule has 3 aliphatic rings. The van der Waals surface area contributed by atoms with E-state index in [4.69, 9.17) is 5.73 Å². The van der Waals surface area contributed by atoms with Crippen LogP contribution in [0, 0.1) is 0 Å². The van der Waals surface area contributed by atoms with Crippen LogP contribution in [0.2, 0.25) is 0 Å². The van der Waals surface area contributed by atoms with Crippen LogP contribution in [0.15, 0.2) is 18.2 Å². The Kier molecular flexibility index (Phi) is 2.79. The second-order valence-electron chi connectivity index (χ2n) is 6.21. The van der Waals surface area contributed by atoms with Crippen molar-refractivity contribution in [2.24, 2.45) is 0 Å². The Bertz CT molecular complexity index is 628. The van der Waals surface area contributed by atoms with E-state index < -0.39 is 0 Å². The number of fused-ring (bicyclic) bond motifs is 2. The molecule has 2 amide bonds. The molecule has 0 aromatic heterocycles. The molecule has 3 heterocycles. The number of carbonyl (C=O) groups excluding carboxylic acids is 2. The first-order valence-electron chi connectivity index (χ1n) is 7.69. The van der Waals surface area contributed by atoms with Crippen LogP contribution in [0.25, 0.3) is 0 Å². The minimum Gasteiger partial charge on any atom is -0.398 e. The van der Waals surface area contributed by atoms with Gasteiger partial charge in [0.2, 0.25) is 0 Å². The van der Waals surface area contributed by atoms with Gasteiger partial charge in [0.15, 0.2) is 0 Å². The number of nitrogens with zero attached hydrogens (tertiary/aromatic N) is 2. The molecule has 0 spiro atoms. The zero-order valence-corrected chi connectivity index (χ0v) is 11.9. The molecule has 21 heavy (non-hydrogen) atoms. The van der Waals surface area contributed by atoms with E-state index in [0.717, 1.165) is 25.9 Å². The maximum absolute atomic E-state index is 12.7. The number of benzene rings is 1. The molecule has 2 unspecified atom stereocenters.